The number of hydrogen-bond acceptors (Lipinski definition) is 3. The average molecular weight is 262 g/mol. The Labute approximate surface area is 116 Å². The summed E-state index contributed by atoms with van der Waals surface area (Å²) < 4.78 is 0. The molecule has 0 amide bonds. The lowest BCUT2D eigenvalue weighted by molar-refractivity contribution is 0.157. The minimum absolute atomic E-state index is 0.369. The summed E-state index contributed by atoms with van der Waals surface area (Å²) in [5.74, 6) is 1.17. The Balaban J connectivity index is 1.80. The molecule has 0 bridgehead atoms. The Kier molecular flexibility index (Phi) is 5.23. The lowest BCUT2D eigenvalue weighted by Gasteiger charge is -2.35. The molecule has 106 valence electrons. The van der Waals surface area contributed by atoms with Crippen LogP contribution >= 0.6 is 0 Å². The Morgan fingerprint density at radius 3 is 2.74 bits per heavy atom. The van der Waals surface area contributed by atoms with Gasteiger partial charge in [0.25, 0.3) is 0 Å². The minimum atomic E-state index is 0.369. The molecule has 2 rings (SSSR count). The van der Waals surface area contributed by atoms with Crippen LogP contribution in [0.2, 0.25) is 0 Å². The van der Waals surface area contributed by atoms with Crippen LogP contribution in [0.1, 0.15) is 32.3 Å². The van der Waals surface area contributed by atoms with Crippen molar-refractivity contribution in [1.82, 2.24) is 10.2 Å². The van der Waals surface area contributed by atoms with Gasteiger partial charge in [-0.25, -0.2) is 0 Å². The predicted octanol–water partition coefficient (Wildman–Crippen LogP) is 2.60. The third-order valence-corrected chi connectivity index (χ3v) is 4.18. The summed E-state index contributed by atoms with van der Waals surface area (Å²) in [7, 11) is 0. The molecule has 2 N–H and O–H groups in total. The largest absolute Gasteiger partial charge is 0.508 e. The Morgan fingerprint density at radius 1 is 1.37 bits per heavy atom. The number of rotatable bonds is 5. The molecule has 1 aromatic carbocycles. The molecule has 0 radical (unpaired) electrons. The van der Waals surface area contributed by atoms with Crippen LogP contribution in [-0.2, 0) is 6.54 Å². The van der Waals surface area contributed by atoms with E-state index >= 15 is 0 Å². The van der Waals surface area contributed by atoms with Crippen LogP contribution in [0.4, 0.5) is 0 Å². The third kappa shape index (κ3) is 4.22. The molecule has 3 nitrogen and oxygen atoms in total. The number of likely N-dealkylation sites (tertiary alicyclic amines) is 1. The van der Waals surface area contributed by atoms with E-state index in [1.165, 1.54) is 18.4 Å². The van der Waals surface area contributed by atoms with Crippen molar-refractivity contribution in [2.24, 2.45) is 5.92 Å². The molecule has 1 heterocycles. The van der Waals surface area contributed by atoms with Crippen molar-refractivity contribution in [3.8, 4) is 5.75 Å². The molecule has 0 saturated carbocycles. The van der Waals surface area contributed by atoms with Gasteiger partial charge in [-0.1, -0.05) is 19.1 Å². The maximum atomic E-state index is 9.49. The quantitative estimate of drug-likeness (QED) is 0.856. The summed E-state index contributed by atoms with van der Waals surface area (Å²) in [6.45, 7) is 8.82. The first kappa shape index (κ1) is 14.4. The Morgan fingerprint density at radius 2 is 2.11 bits per heavy atom. The number of nitrogens with one attached hydrogen (secondary N) is 1. The lowest BCUT2D eigenvalue weighted by atomic mass is 9.90. The highest BCUT2D eigenvalue weighted by molar-refractivity contribution is 5.27. The molecule has 19 heavy (non-hydrogen) atoms. The van der Waals surface area contributed by atoms with E-state index in [9.17, 15) is 5.11 Å². The summed E-state index contributed by atoms with van der Waals surface area (Å²) in [5, 5.41) is 13.0. The third-order valence-electron chi connectivity index (χ3n) is 4.18. The standard InChI is InChI=1S/C16H26N2O/c1-3-17-13(2)15-7-9-18(10-8-15)12-14-5-4-6-16(19)11-14/h4-6,11,13,15,17,19H,3,7-10,12H2,1-2H3. The van der Waals surface area contributed by atoms with E-state index in [0.29, 0.717) is 11.8 Å². The van der Waals surface area contributed by atoms with Gasteiger partial charge in [-0.15, -0.1) is 0 Å². The van der Waals surface area contributed by atoms with E-state index in [-0.39, 0.29) is 0 Å². The van der Waals surface area contributed by atoms with Crippen molar-refractivity contribution in [3.05, 3.63) is 29.8 Å². The molecule has 1 unspecified atom stereocenters. The molecule has 1 aromatic rings. The number of hydrogen-bond donors (Lipinski definition) is 2. The zero-order chi connectivity index (χ0) is 13.7. The zero-order valence-corrected chi connectivity index (χ0v) is 12.1. The summed E-state index contributed by atoms with van der Waals surface area (Å²) in [6, 6.07) is 8.24. The molecule has 1 fully saturated rings. The minimum Gasteiger partial charge on any atom is -0.508 e. The van der Waals surface area contributed by atoms with Crippen LogP contribution in [0.3, 0.4) is 0 Å². The van der Waals surface area contributed by atoms with Crippen molar-refractivity contribution < 1.29 is 5.11 Å². The van der Waals surface area contributed by atoms with Gasteiger partial charge in [0.2, 0.25) is 0 Å². The predicted molar refractivity (Wildman–Crippen MR) is 79.2 cm³/mol. The molecule has 1 aliphatic heterocycles. The van der Waals surface area contributed by atoms with Gasteiger partial charge < -0.3 is 10.4 Å². The van der Waals surface area contributed by atoms with Crippen molar-refractivity contribution in [1.29, 1.82) is 0 Å². The van der Waals surface area contributed by atoms with Crippen LogP contribution in [0.15, 0.2) is 24.3 Å². The van der Waals surface area contributed by atoms with Crippen LogP contribution in [0, 0.1) is 5.92 Å². The summed E-state index contributed by atoms with van der Waals surface area (Å²) in [6.07, 6.45) is 2.54. The molecule has 1 atom stereocenters. The molecule has 0 aromatic heterocycles. The number of nitrogens with zero attached hydrogens (tertiary/aromatic N) is 1. The summed E-state index contributed by atoms with van der Waals surface area (Å²) in [4.78, 5) is 2.49. The molecule has 0 spiro atoms. The molecular weight excluding hydrogens is 236 g/mol. The second kappa shape index (κ2) is 6.92. The highest BCUT2D eigenvalue weighted by Gasteiger charge is 2.23. The van der Waals surface area contributed by atoms with E-state index in [2.05, 4.69) is 30.1 Å². The maximum absolute atomic E-state index is 9.49. The highest BCUT2D eigenvalue weighted by atomic mass is 16.3. The fourth-order valence-electron chi connectivity index (χ4n) is 3.01. The first-order valence-electron chi connectivity index (χ1n) is 7.42. The lowest BCUT2D eigenvalue weighted by Crippen LogP contribution is -2.41. The maximum Gasteiger partial charge on any atom is 0.115 e. The highest BCUT2D eigenvalue weighted by Crippen LogP contribution is 2.22. The van der Waals surface area contributed by atoms with E-state index in [1.807, 2.05) is 12.1 Å². The average Bonchev–Trinajstić information content (AvgIpc) is 2.40. The molecule has 0 aliphatic carbocycles. The number of aromatic hydroxyl groups is 1. The normalized spacial score (nSPS) is 19.5. The van der Waals surface area contributed by atoms with Gasteiger partial charge in [0, 0.05) is 12.6 Å². The number of phenolic OH excluding ortho intramolecular Hbond substituents is 1. The van der Waals surface area contributed by atoms with E-state index in [0.717, 1.165) is 32.1 Å². The van der Waals surface area contributed by atoms with E-state index in [4.69, 9.17) is 0 Å². The first-order chi connectivity index (χ1) is 9.19. The van der Waals surface area contributed by atoms with E-state index in [1.54, 1.807) is 6.07 Å². The monoisotopic (exact) mass is 262 g/mol. The van der Waals surface area contributed by atoms with Gasteiger partial charge in [-0.05, 0) is 63.0 Å². The van der Waals surface area contributed by atoms with Crippen molar-refractivity contribution in [3.63, 3.8) is 0 Å². The van der Waals surface area contributed by atoms with Crippen molar-refractivity contribution in [2.45, 2.75) is 39.3 Å². The molecule has 3 heteroatoms. The van der Waals surface area contributed by atoms with Crippen LogP contribution in [0.5, 0.6) is 5.75 Å². The molecule has 1 saturated heterocycles. The van der Waals surface area contributed by atoms with Gasteiger partial charge >= 0.3 is 0 Å². The van der Waals surface area contributed by atoms with Crippen molar-refractivity contribution in [2.75, 3.05) is 19.6 Å². The van der Waals surface area contributed by atoms with Gasteiger partial charge in [0.05, 0.1) is 0 Å². The number of piperidine rings is 1. The Bertz CT molecular complexity index is 386. The SMILES string of the molecule is CCNC(C)C1CCN(Cc2cccc(O)c2)CC1. The Hall–Kier alpha value is -1.06. The van der Waals surface area contributed by atoms with Gasteiger partial charge in [0.1, 0.15) is 5.75 Å². The van der Waals surface area contributed by atoms with E-state index < -0.39 is 0 Å². The van der Waals surface area contributed by atoms with Crippen LogP contribution in [-0.4, -0.2) is 35.7 Å². The van der Waals surface area contributed by atoms with Gasteiger partial charge in [-0.3, -0.25) is 4.90 Å². The summed E-state index contributed by atoms with van der Waals surface area (Å²) in [5.41, 5.74) is 1.21. The fourth-order valence-corrected chi connectivity index (χ4v) is 3.01. The second-order valence-corrected chi connectivity index (χ2v) is 5.63. The number of phenols is 1. The van der Waals surface area contributed by atoms with Gasteiger partial charge in [-0.2, -0.15) is 0 Å². The smallest absolute Gasteiger partial charge is 0.115 e. The molecule has 1 aliphatic rings. The molecular formula is C16H26N2O. The topological polar surface area (TPSA) is 35.5 Å². The fraction of sp³-hybridized carbons (Fsp3) is 0.625. The second-order valence-electron chi connectivity index (χ2n) is 5.63. The first-order valence-corrected chi connectivity index (χ1v) is 7.42. The van der Waals surface area contributed by atoms with Gasteiger partial charge in [0.15, 0.2) is 0 Å². The zero-order valence-electron chi connectivity index (χ0n) is 12.1. The summed E-state index contributed by atoms with van der Waals surface area (Å²) >= 11 is 0. The number of benzene rings is 1. The van der Waals surface area contributed by atoms with Crippen LogP contribution < -0.4 is 5.32 Å². The van der Waals surface area contributed by atoms with Crippen LogP contribution in [0.25, 0.3) is 0 Å². The van der Waals surface area contributed by atoms with Crippen molar-refractivity contribution >= 4 is 0 Å².